The van der Waals surface area contributed by atoms with Gasteiger partial charge in [-0.3, -0.25) is 0 Å². The third-order valence-corrected chi connectivity index (χ3v) is 5.30. The molecule has 1 N–H and O–H groups in total. The van der Waals surface area contributed by atoms with Crippen molar-refractivity contribution in [3.8, 4) is 0 Å². The van der Waals surface area contributed by atoms with Crippen LogP contribution in [-0.2, 0) is 6.42 Å². The Morgan fingerprint density at radius 1 is 1.47 bits per heavy atom. The quantitative estimate of drug-likeness (QED) is 0.850. The second-order valence-corrected chi connectivity index (χ2v) is 6.95. The molecular weight excluding hydrogens is 272 g/mol. The van der Waals surface area contributed by atoms with E-state index in [1.165, 1.54) is 37.0 Å². The molecule has 1 aliphatic rings. The second kappa shape index (κ2) is 7.25. The molecule has 2 nitrogen and oxygen atoms in total. The highest BCUT2D eigenvalue weighted by molar-refractivity contribution is 7.80. The summed E-state index contributed by atoms with van der Waals surface area (Å²) in [5.74, 6) is 0. The largest absolute Gasteiger partial charge is 0.360 e. The van der Waals surface area contributed by atoms with Crippen molar-refractivity contribution in [2.45, 2.75) is 57.5 Å². The summed E-state index contributed by atoms with van der Waals surface area (Å²) in [6, 6.07) is 5.36. The van der Waals surface area contributed by atoms with E-state index in [4.69, 9.17) is 12.2 Å². The molecule has 4 heteroatoms. The highest BCUT2D eigenvalue weighted by atomic mass is 32.1. The maximum atomic E-state index is 5.55. The summed E-state index contributed by atoms with van der Waals surface area (Å²) in [6.07, 6.45) is 7.68. The molecule has 1 atom stereocenters. The summed E-state index contributed by atoms with van der Waals surface area (Å²) in [7, 11) is 2.11. The van der Waals surface area contributed by atoms with Crippen LogP contribution in [0.4, 0.5) is 0 Å². The predicted octanol–water partition coefficient (Wildman–Crippen LogP) is 3.82. The Labute approximate surface area is 126 Å². The lowest BCUT2D eigenvalue weighted by atomic mass is 9.96. The highest BCUT2D eigenvalue weighted by Crippen LogP contribution is 2.18. The number of hydrogen-bond acceptors (Lipinski definition) is 2. The Bertz CT molecular complexity index is 383. The van der Waals surface area contributed by atoms with Gasteiger partial charge in [0.15, 0.2) is 5.11 Å². The molecule has 19 heavy (non-hydrogen) atoms. The van der Waals surface area contributed by atoms with Crippen LogP contribution in [0.1, 0.15) is 43.9 Å². The average Bonchev–Trinajstić information content (AvgIpc) is 2.91. The molecule has 2 rings (SSSR count). The topological polar surface area (TPSA) is 15.3 Å². The highest BCUT2D eigenvalue weighted by Gasteiger charge is 2.18. The molecule has 1 aromatic heterocycles. The molecule has 1 unspecified atom stereocenters. The number of rotatable bonds is 4. The second-order valence-electron chi connectivity index (χ2n) is 5.53. The molecule has 0 radical (unpaired) electrons. The minimum atomic E-state index is 0.447. The van der Waals surface area contributed by atoms with Gasteiger partial charge in [0.05, 0.1) is 0 Å². The van der Waals surface area contributed by atoms with Crippen LogP contribution >= 0.6 is 23.6 Å². The smallest absolute Gasteiger partial charge is 0.169 e. The van der Waals surface area contributed by atoms with E-state index in [0.717, 1.165) is 11.5 Å². The van der Waals surface area contributed by atoms with Gasteiger partial charge in [-0.05, 0) is 43.4 Å². The molecule has 0 saturated heterocycles. The number of likely N-dealkylation sites (N-methyl/N-ethyl adjacent to an activating group) is 1. The Morgan fingerprint density at radius 3 is 2.84 bits per heavy atom. The molecule has 0 amide bonds. The van der Waals surface area contributed by atoms with Crippen molar-refractivity contribution in [2.75, 3.05) is 7.05 Å². The van der Waals surface area contributed by atoms with Crippen LogP contribution < -0.4 is 5.32 Å². The van der Waals surface area contributed by atoms with Crippen molar-refractivity contribution < 1.29 is 0 Å². The average molecular weight is 297 g/mol. The summed E-state index contributed by atoms with van der Waals surface area (Å²) in [6.45, 7) is 2.24. The molecule has 0 aromatic carbocycles. The van der Waals surface area contributed by atoms with Crippen LogP contribution in [-0.4, -0.2) is 29.1 Å². The Kier molecular flexibility index (Phi) is 5.64. The van der Waals surface area contributed by atoms with Gasteiger partial charge in [-0.1, -0.05) is 25.3 Å². The van der Waals surface area contributed by atoms with Gasteiger partial charge in [0, 0.05) is 30.4 Å². The first kappa shape index (κ1) is 14.8. The third kappa shape index (κ3) is 4.46. The molecule has 1 fully saturated rings. The zero-order valence-electron chi connectivity index (χ0n) is 11.9. The monoisotopic (exact) mass is 296 g/mol. The molecule has 1 aliphatic carbocycles. The zero-order chi connectivity index (χ0) is 13.7. The summed E-state index contributed by atoms with van der Waals surface area (Å²) in [5.41, 5.74) is 0. The van der Waals surface area contributed by atoms with Crippen molar-refractivity contribution in [1.29, 1.82) is 0 Å². The molecule has 1 heterocycles. The summed E-state index contributed by atoms with van der Waals surface area (Å²) in [5, 5.41) is 6.59. The minimum absolute atomic E-state index is 0.447. The van der Waals surface area contributed by atoms with Gasteiger partial charge in [0.25, 0.3) is 0 Å². The van der Waals surface area contributed by atoms with Crippen molar-refractivity contribution in [3.05, 3.63) is 22.4 Å². The summed E-state index contributed by atoms with van der Waals surface area (Å²) < 4.78 is 0. The number of nitrogens with zero attached hydrogens (tertiary/aromatic N) is 1. The Morgan fingerprint density at radius 2 is 2.21 bits per heavy atom. The molecule has 0 aliphatic heterocycles. The lowest BCUT2D eigenvalue weighted by Crippen LogP contribution is -2.47. The lowest BCUT2D eigenvalue weighted by molar-refractivity contribution is 0.356. The fourth-order valence-corrected chi connectivity index (χ4v) is 3.75. The number of thiophene rings is 1. The van der Waals surface area contributed by atoms with Crippen LogP contribution in [0.5, 0.6) is 0 Å². The standard InChI is InChI=1S/C15H24N2S2/c1-12(11-14-9-6-10-19-14)17(2)15(18)16-13-7-4-3-5-8-13/h6,9-10,12-13H,3-5,7-8,11H2,1-2H3,(H,16,18). The van der Waals surface area contributed by atoms with E-state index >= 15 is 0 Å². The van der Waals surface area contributed by atoms with E-state index in [2.05, 4.69) is 41.7 Å². The van der Waals surface area contributed by atoms with Gasteiger partial charge in [-0.2, -0.15) is 0 Å². The molecular formula is C15H24N2S2. The van der Waals surface area contributed by atoms with Crippen molar-refractivity contribution >= 4 is 28.7 Å². The Hall–Kier alpha value is -0.610. The SMILES string of the molecule is CC(Cc1cccs1)N(C)C(=S)NC1CCCCC1. The fourth-order valence-electron chi connectivity index (χ4n) is 2.58. The van der Waals surface area contributed by atoms with Gasteiger partial charge < -0.3 is 10.2 Å². The molecule has 106 valence electrons. The first-order chi connectivity index (χ1) is 9.16. The van der Waals surface area contributed by atoms with Crippen molar-refractivity contribution in [1.82, 2.24) is 10.2 Å². The number of thiocarbonyl (C=S) groups is 1. The van der Waals surface area contributed by atoms with Crippen LogP contribution in [0.2, 0.25) is 0 Å². The summed E-state index contributed by atoms with van der Waals surface area (Å²) in [4.78, 5) is 3.64. The normalized spacial score (nSPS) is 18.0. The molecule has 1 aromatic rings. The van der Waals surface area contributed by atoms with E-state index in [9.17, 15) is 0 Å². The molecule has 1 saturated carbocycles. The Balaban J connectivity index is 1.80. The van der Waals surface area contributed by atoms with Gasteiger partial charge in [-0.15, -0.1) is 11.3 Å². The van der Waals surface area contributed by atoms with Gasteiger partial charge >= 0.3 is 0 Å². The predicted molar refractivity (Wildman–Crippen MR) is 87.9 cm³/mol. The lowest BCUT2D eigenvalue weighted by Gasteiger charge is -2.31. The van der Waals surface area contributed by atoms with E-state index in [-0.39, 0.29) is 0 Å². The van der Waals surface area contributed by atoms with E-state index in [1.807, 2.05) is 11.3 Å². The maximum absolute atomic E-state index is 5.55. The molecule has 0 spiro atoms. The van der Waals surface area contributed by atoms with Gasteiger partial charge in [0.2, 0.25) is 0 Å². The first-order valence-corrected chi connectivity index (χ1v) is 8.51. The number of hydrogen-bond donors (Lipinski definition) is 1. The minimum Gasteiger partial charge on any atom is -0.360 e. The van der Waals surface area contributed by atoms with Crippen LogP contribution in [0.3, 0.4) is 0 Å². The fraction of sp³-hybridized carbons (Fsp3) is 0.667. The first-order valence-electron chi connectivity index (χ1n) is 7.22. The van der Waals surface area contributed by atoms with Crippen molar-refractivity contribution in [2.24, 2.45) is 0 Å². The zero-order valence-corrected chi connectivity index (χ0v) is 13.5. The van der Waals surface area contributed by atoms with E-state index in [0.29, 0.717) is 12.1 Å². The van der Waals surface area contributed by atoms with Crippen LogP contribution in [0, 0.1) is 0 Å². The van der Waals surface area contributed by atoms with Gasteiger partial charge in [-0.25, -0.2) is 0 Å². The van der Waals surface area contributed by atoms with E-state index < -0.39 is 0 Å². The summed E-state index contributed by atoms with van der Waals surface area (Å²) >= 11 is 7.37. The maximum Gasteiger partial charge on any atom is 0.169 e. The molecule has 0 bridgehead atoms. The number of nitrogens with one attached hydrogen (secondary N) is 1. The van der Waals surface area contributed by atoms with E-state index in [1.54, 1.807) is 0 Å². The van der Waals surface area contributed by atoms with Crippen molar-refractivity contribution in [3.63, 3.8) is 0 Å². The third-order valence-electron chi connectivity index (χ3n) is 3.99. The van der Waals surface area contributed by atoms with Crippen LogP contribution in [0.25, 0.3) is 0 Å². The van der Waals surface area contributed by atoms with Gasteiger partial charge in [0.1, 0.15) is 0 Å². The van der Waals surface area contributed by atoms with Crippen LogP contribution in [0.15, 0.2) is 17.5 Å².